The Morgan fingerprint density at radius 3 is 2.63 bits per heavy atom. The molecule has 4 heteroatoms. The minimum Gasteiger partial charge on any atom is -0.497 e. The van der Waals surface area contributed by atoms with Gasteiger partial charge in [0, 0.05) is 35.4 Å². The molecule has 0 atom stereocenters. The second-order valence-corrected chi connectivity index (χ2v) is 4.87. The van der Waals surface area contributed by atoms with E-state index >= 15 is 0 Å². The summed E-state index contributed by atoms with van der Waals surface area (Å²) in [7, 11) is 3.64. The average Bonchev–Trinajstić information content (AvgIpc) is 2.46. The number of hydrogen-bond donors (Lipinski definition) is 0. The number of halogens is 2. The Hall–Kier alpha value is -1.38. The van der Waals surface area contributed by atoms with Gasteiger partial charge in [-0.05, 0) is 29.8 Å². The summed E-state index contributed by atoms with van der Waals surface area (Å²) in [5.41, 5.74) is 3.06. The van der Waals surface area contributed by atoms with Gasteiger partial charge < -0.3 is 9.64 Å². The van der Waals surface area contributed by atoms with E-state index in [1.807, 2.05) is 54.4 Å². The molecule has 0 bridgehead atoms. The topological polar surface area (TPSA) is 12.5 Å². The summed E-state index contributed by atoms with van der Waals surface area (Å²) in [6, 6.07) is 13.6. The third-order valence-electron chi connectivity index (χ3n) is 2.99. The van der Waals surface area contributed by atoms with Crippen LogP contribution in [0.15, 0.2) is 42.5 Å². The lowest BCUT2D eigenvalue weighted by molar-refractivity contribution is 0.415. The Bertz CT molecular complexity index is 572. The van der Waals surface area contributed by atoms with Crippen LogP contribution in [0.5, 0.6) is 5.75 Å². The van der Waals surface area contributed by atoms with Crippen molar-refractivity contribution in [1.82, 2.24) is 0 Å². The molecule has 0 radical (unpaired) electrons. The van der Waals surface area contributed by atoms with Crippen molar-refractivity contribution in [3.05, 3.63) is 53.1 Å². The first kappa shape index (κ1) is 14.0. The summed E-state index contributed by atoms with van der Waals surface area (Å²) in [4.78, 5) is 2.05. The van der Waals surface area contributed by atoms with E-state index in [0.717, 1.165) is 22.7 Å². The molecular weight excluding hydrogens is 281 g/mol. The molecule has 0 heterocycles. The predicted octanol–water partition coefficient (Wildman–Crippen LogP) is 4.86. The Kier molecular flexibility index (Phi) is 4.56. The third kappa shape index (κ3) is 3.14. The van der Waals surface area contributed by atoms with Gasteiger partial charge in [-0.2, -0.15) is 0 Å². The Balaban J connectivity index is 2.42. The van der Waals surface area contributed by atoms with Crippen molar-refractivity contribution in [2.45, 2.75) is 5.88 Å². The van der Waals surface area contributed by atoms with Gasteiger partial charge in [0.25, 0.3) is 0 Å². The van der Waals surface area contributed by atoms with Crippen LogP contribution in [0.25, 0.3) is 0 Å². The van der Waals surface area contributed by atoms with E-state index in [1.54, 1.807) is 7.11 Å². The fraction of sp³-hybridized carbons (Fsp3) is 0.200. The van der Waals surface area contributed by atoms with Crippen LogP contribution in [0.4, 0.5) is 11.4 Å². The fourth-order valence-electron chi connectivity index (χ4n) is 1.92. The number of nitrogens with zero attached hydrogens (tertiary/aromatic N) is 1. The van der Waals surface area contributed by atoms with Crippen molar-refractivity contribution in [2.24, 2.45) is 0 Å². The number of anilines is 2. The molecule has 0 unspecified atom stereocenters. The second kappa shape index (κ2) is 6.18. The largest absolute Gasteiger partial charge is 0.497 e. The van der Waals surface area contributed by atoms with E-state index in [0.29, 0.717) is 10.9 Å². The van der Waals surface area contributed by atoms with E-state index in [4.69, 9.17) is 27.9 Å². The highest BCUT2D eigenvalue weighted by molar-refractivity contribution is 6.31. The molecule has 0 aliphatic rings. The molecule has 0 amide bonds. The van der Waals surface area contributed by atoms with Crippen LogP contribution in [0.1, 0.15) is 5.56 Å². The van der Waals surface area contributed by atoms with Crippen LogP contribution in [-0.2, 0) is 5.88 Å². The molecule has 0 N–H and O–H groups in total. The van der Waals surface area contributed by atoms with Crippen LogP contribution in [0, 0.1) is 0 Å². The Morgan fingerprint density at radius 1 is 1.16 bits per heavy atom. The molecule has 2 aromatic carbocycles. The van der Waals surface area contributed by atoms with E-state index < -0.39 is 0 Å². The van der Waals surface area contributed by atoms with E-state index in [9.17, 15) is 0 Å². The number of hydrogen-bond acceptors (Lipinski definition) is 2. The lowest BCUT2D eigenvalue weighted by Gasteiger charge is -2.22. The molecule has 0 saturated carbocycles. The third-order valence-corrected chi connectivity index (χ3v) is 3.52. The minimum atomic E-state index is 0.445. The molecule has 19 heavy (non-hydrogen) atoms. The Labute approximate surface area is 123 Å². The van der Waals surface area contributed by atoms with Gasteiger partial charge in [0.05, 0.1) is 7.11 Å². The molecule has 0 spiro atoms. The van der Waals surface area contributed by atoms with Crippen LogP contribution >= 0.6 is 23.2 Å². The number of alkyl halides is 1. The van der Waals surface area contributed by atoms with Crippen molar-refractivity contribution in [1.29, 1.82) is 0 Å². The molecule has 0 aliphatic heterocycles. The predicted molar refractivity (Wildman–Crippen MR) is 82.1 cm³/mol. The smallest absolute Gasteiger partial charge is 0.120 e. The second-order valence-electron chi connectivity index (χ2n) is 4.17. The zero-order chi connectivity index (χ0) is 13.8. The molecule has 0 aromatic heterocycles. The van der Waals surface area contributed by atoms with Crippen LogP contribution in [0.3, 0.4) is 0 Å². The summed E-state index contributed by atoms with van der Waals surface area (Å²) >= 11 is 12.0. The first-order valence-corrected chi connectivity index (χ1v) is 6.79. The van der Waals surface area contributed by atoms with Gasteiger partial charge in [0.2, 0.25) is 0 Å². The molecule has 0 aliphatic carbocycles. The normalized spacial score (nSPS) is 10.3. The van der Waals surface area contributed by atoms with Gasteiger partial charge in [0.1, 0.15) is 5.75 Å². The molecular formula is C15H15Cl2NO. The highest BCUT2D eigenvalue weighted by Crippen LogP contribution is 2.32. The maximum absolute atomic E-state index is 6.07. The number of benzene rings is 2. The van der Waals surface area contributed by atoms with Gasteiger partial charge in [-0.1, -0.05) is 23.7 Å². The number of ether oxygens (including phenoxy) is 1. The fourth-order valence-corrected chi connectivity index (χ4v) is 2.31. The van der Waals surface area contributed by atoms with Crippen molar-refractivity contribution in [2.75, 3.05) is 19.1 Å². The standard InChI is InChI=1S/C15H15Cl2NO/c1-18(13-4-3-5-14(9-13)19-2)15-8-12(17)7-6-11(15)10-16/h3-9H,10H2,1-2H3. The summed E-state index contributed by atoms with van der Waals surface area (Å²) in [5, 5.41) is 0.693. The van der Waals surface area contributed by atoms with Crippen LogP contribution in [-0.4, -0.2) is 14.2 Å². The highest BCUT2D eigenvalue weighted by Gasteiger charge is 2.10. The van der Waals surface area contributed by atoms with E-state index in [-0.39, 0.29) is 0 Å². The van der Waals surface area contributed by atoms with Crippen molar-refractivity contribution in [3.8, 4) is 5.75 Å². The summed E-state index contributed by atoms with van der Waals surface area (Å²) in [5.74, 6) is 1.26. The summed E-state index contributed by atoms with van der Waals surface area (Å²) in [6.45, 7) is 0. The first-order valence-electron chi connectivity index (χ1n) is 5.88. The van der Waals surface area contributed by atoms with Crippen molar-refractivity contribution in [3.63, 3.8) is 0 Å². The van der Waals surface area contributed by atoms with Crippen molar-refractivity contribution < 1.29 is 4.74 Å². The summed E-state index contributed by atoms with van der Waals surface area (Å²) < 4.78 is 5.24. The molecule has 0 saturated heterocycles. The quantitative estimate of drug-likeness (QED) is 0.747. The Morgan fingerprint density at radius 2 is 1.95 bits per heavy atom. The first-order chi connectivity index (χ1) is 9.15. The van der Waals surface area contributed by atoms with Crippen LogP contribution in [0.2, 0.25) is 5.02 Å². The lowest BCUT2D eigenvalue weighted by Crippen LogP contribution is -2.11. The van der Waals surface area contributed by atoms with E-state index in [2.05, 4.69) is 0 Å². The van der Waals surface area contributed by atoms with E-state index in [1.165, 1.54) is 0 Å². The van der Waals surface area contributed by atoms with Gasteiger partial charge in [0.15, 0.2) is 0 Å². The lowest BCUT2D eigenvalue weighted by atomic mass is 10.1. The van der Waals surface area contributed by atoms with Gasteiger partial charge in [-0.3, -0.25) is 0 Å². The maximum Gasteiger partial charge on any atom is 0.120 e. The van der Waals surface area contributed by atoms with Crippen molar-refractivity contribution >= 4 is 34.6 Å². The monoisotopic (exact) mass is 295 g/mol. The molecule has 2 aromatic rings. The molecule has 100 valence electrons. The SMILES string of the molecule is COc1cccc(N(C)c2cc(Cl)ccc2CCl)c1. The van der Waals surface area contributed by atoms with Crippen LogP contribution < -0.4 is 9.64 Å². The zero-order valence-electron chi connectivity index (χ0n) is 10.9. The minimum absolute atomic E-state index is 0.445. The molecule has 2 rings (SSSR count). The average molecular weight is 296 g/mol. The molecule has 0 fully saturated rings. The maximum atomic E-state index is 6.07. The van der Waals surface area contributed by atoms with Gasteiger partial charge in [-0.15, -0.1) is 11.6 Å². The number of methoxy groups -OCH3 is 1. The van der Waals surface area contributed by atoms with Gasteiger partial charge >= 0.3 is 0 Å². The van der Waals surface area contributed by atoms with Gasteiger partial charge in [-0.25, -0.2) is 0 Å². The summed E-state index contributed by atoms with van der Waals surface area (Å²) in [6.07, 6.45) is 0. The number of rotatable bonds is 4. The molecule has 2 nitrogen and oxygen atoms in total. The zero-order valence-corrected chi connectivity index (χ0v) is 12.4. The highest BCUT2D eigenvalue weighted by atomic mass is 35.5.